The second-order valence-electron chi connectivity index (χ2n) is 12.7. The monoisotopic (exact) mass is 590 g/mol. The number of hydrogen-bond donors (Lipinski definition) is 0. The van der Waals surface area contributed by atoms with Crippen LogP contribution in [0.5, 0.6) is 0 Å². The maximum Gasteiger partial charge on any atom is 0.191 e. The van der Waals surface area contributed by atoms with Crippen molar-refractivity contribution in [2.75, 3.05) is 6.61 Å². The smallest absolute Gasteiger partial charge is 0.191 e. The van der Waals surface area contributed by atoms with Crippen molar-refractivity contribution in [2.45, 2.75) is 96.8 Å². The third-order valence-electron chi connectivity index (χ3n) is 8.14. The maximum absolute atomic E-state index is 11.8. The lowest BCUT2D eigenvalue weighted by molar-refractivity contribution is -0.160. The fraction of sp³-hybridized carbons (Fsp3) is 0.472. The van der Waals surface area contributed by atoms with Gasteiger partial charge in [0.05, 0.1) is 32.0 Å². The number of ether oxygens (including phenoxy) is 3. The Bertz CT molecular complexity index is 1150. The molecule has 3 aromatic rings. The number of carbonyl (C=O) groups is 1. The molecule has 0 heterocycles. The second-order valence-corrected chi connectivity index (χ2v) is 17.5. The van der Waals surface area contributed by atoms with Crippen LogP contribution < -0.4 is 0 Å². The van der Waals surface area contributed by atoms with Gasteiger partial charge in [-0.25, -0.2) is 0 Å². The summed E-state index contributed by atoms with van der Waals surface area (Å²) in [4.78, 5) is 11.8. The molecular weight excluding hydrogens is 540 g/mol. The standard InChI is InChI=1S/C36H50O5Si/c1-29(25-37)24-34(39-27-31-18-12-8-13-19-31)35(40-28-32-20-14-9-15-21-32)33(38-26-30-16-10-7-11-17-30)22-23-41-42(5,6)36(2,3)4/h7-21,25,29,33-35H,22-24,26-28H2,1-6H3/t29-,33+,34-,35-/m0/s1. The Morgan fingerprint density at radius 3 is 1.55 bits per heavy atom. The first-order valence-electron chi connectivity index (χ1n) is 15.1. The molecule has 0 saturated heterocycles. The number of aldehydes is 1. The van der Waals surface area contributed by atoms with Crippen molar-refractivity contribution < 1.29 is 23.4 Å². The minimum atomic E-state index is -1.96. The Labute approximate surface area is 254 Å². The zero-order chi connectivity index (χ0) is 30.4. The number of benzene rings is 3. The summed E-state index contributed by atoms with van der Waals surface area (Å²) in [6.45, 7) is 15.1. The molecule has 4 atom stereocenters. The lowest BCUT2D eigenvalue weighted by Crippen LogP contribution is -2.45. The van der Waals surface area contributed by atoms with Gasteiger partial charge in [-0.3, -0.25) is 0 Å². The van der Waals surface area contributed by atoms with Crippen LogP contribution in [0.2, 0.25) is 18.1 Å². The molecule has 0 amide bonds. The van der Waals surface area contributed by atoms with Crippen LogP contribution in [0.4, 0.5) is 0 Å². The molecule has 0 saturated carbocycles. The average molecular weight is 591 g/mol. The Hall–Kier alpha value is -2.61. The predicted molar refractivity (Wildman–Crippen MR) is 173 cm³/mol. The predicted octanol–water partition coefficient (Wildman–Crippen LogP) is 8.38. The van der Waals surface area contributed by atoms with Gasteiger partial charge in [0, 0.05) is 12.5 Å². The van der Waals surface area contributed by atoms with Crippen LogP contribution in [0.3, 0.4) is 0 Å². The quantitative estimate of drug-likeness (QED) is 0.110. The Balaban J connectivity index is 1.90. The Morgan fingerprint density at radius 2 is 1.12 bits per heavy atom. The highest BCUT2D eigenvalue weighted by Crippen LogP contribution is 2.37. The minimum Gasteiger partial charge on any atom is -0.417 e. The van der Waals surface area contributed by atoms with Gasteiger partial charge in [0.2, 0.25) is 0 Å². The van der Waals surface area contributed by atoms with Crippen molar-refractivity contribution in [3.63, 3.8) is 0 Å². The van der Waals surface area contributed by atoms with Gasteiger partial charge >= 0.3 is 0 Å². The van der Waals surface area contributed by atoms with Crippen molar-refractivity contribution >= 4 is 14.6 Å². The van der Waals surface area contributed by atoms with Gasteiger partial charge in [-0.05, 0) is 47.7 Å². The first-order valence-corrected chi connectivity index (χ1v) is 18.1. The zero-order valence-corrected chi connectivity index (χ0v) is 27.3. The van der Waals surface area contributed by atoms with Crippen LogP contribution in [0.1, 0.15) is 57.2 Å². The van der Waals surface area contributed by atoms with Crippen LogP contribution in [-0.2, 0) is 43.3 Å². The van der Waals surface area contributed by atoms with Crippen molar-refractivity contribution in [1.82, 2.24) is 0 Å². The fourth-order valence-corrected chi connectivity index (χ4v) is 5.55. The summed E-state index contributed by atoms with van der Waals surface area (Å²) >= 11 is 0. The zero-order valence-electron chi connectivity index (χ0n) is 26.3. The van der Waals surface area contributed by atoms with Crippen molar-refractivity contribution in [3.05, 3.63) is 108 Å². The van der Waals surface area contributed by atoms with E-state index in [1.807, 2.05) is 61.5 Å². The third-order valence-corrected chi connectivity index (χ3v) is 12.7. The molecule has 0 unspecified atom stereocenters. The molecule has 3 aromatic carbocycles. The molecule has 0 aromatic heterocycles. The molecule has 0 bridgehead atoms. The highest BCUT2D eigenvalue weighted by Gasteiger charge is 2.38. The third kappa shape index (κ3) is 11.2. The normalized spacial score (nSPS) is 15.1. The van der Waals surface area contributed by atoms with Gasteiger partial charge in [-0.2, -0.15) is 0 Å². The van der Waals surface area contributed by atoms with Crippen LogP contribution in [0, 0.1) is 5.92 Å². The highest BCUT2D eigenvalue weighted by atomic mass is 28.4. The van der Waals surface area contributed by atoms with E-state index in [9.17, 15) is 4.79 Å². The first kappa shape index (κ1) is 33.9. The van der Waals surface area contributed by atoms with E-state index in [1.54, 1.807) is 0 Å². The van der Waals surface area contributed by atoms with Crippen molar-refractivity contribution in [1.29, 1.82) is 0 Å². The van der Waals surface area contributed by atoms with Crippen LogP contribution >= 0.6 is 0 Å². The summed E-state index contributed by atoms with van der Waals surface area (Å²) in [6.07, 6.45) is 1.10. The van der Waals surface area contributed by atoms with E-state index in [0.717, 1.165) is 23.0 Å². The van der Waals surface area contributed by atoms with Crippen molar-refractivity contribution in [2.24, 2.45) is 5.92 Å². The van der Waals surface area contributed by atoms with Gasteiger partial charge < -0.3 is 23.4 Å². The van der Waals surface area contributed by atoms with E-state index in [2.05, 4.69) is 70.3 Å². The molecule has 0 aliphatic rings. The van der Waals surface area contributed by atoms with Gasteiger partial charge in [0.1, 0.15) is 12.4 Å². The molecule has 6 heteroatoms. The van der Waals surface area contributed by atoms with Crippen molar-refractivity contribution in [3.8, 4) is 0 Å². The summed E-state index contributed by atoms with van der Waals surface area (Å²) < 4.78 is 26.6. The van der Waals surface area contributed by atoms with Gasteiger partial charge in [0.25, 0.3) is 0 Å². The van der Waals surface area contributed by atoms with E-state index in [1.165, 1.54) is 0 Å². The topological polar surface area (TPSA) is 54.0 Å². The summed E-state index contributed by atoms with van der Waals surface area (Å²) in [5.74, 6) is -0.188. The van der Waals surface area contributed by atoms with E-state index < -0.39 is 14.4 Å². The Kier molecular flexibility index (Phi) is 13.6. The molecule has 0 radical (unpaired) electrons. The molecule has 0 aliphatic heterocycles. The molecule has 0 aliphatic carbocycles. The largest absolute Gasteiger partial charge is 0.417 e. The van der Waals surface area contributed by atoms with Gasteiger partial charge in [0.15, 0.2) is 8.32 Å². The van der Waals surface area contributed by atoms with Gasteiger partial charge in [-0.1, -0.05) is 119 Å². The molecular formula is C36H50O5Si. The number of rotatable bonds is 18. The lowest BCUT2D eigenvalue weighted by Gasteiger charge is -2.38. The molecule has 42 heavy (non-hydrogen) atoms. The van der Waals surface area contributed by atoms with E-state index >= 15 is 0 Å². The lowest BCUT2D eigenvalue weighted by atomic mass is 9.96. The van der Waals surface area contributed by atoms with Crippen LogP contribution in [0.15, 0.2) is 91.0 Å². The molecule has 3 rings (SSSR count). The van der Waals surface area contributed by atoms with E-state index in [4.69, 9.17) is 18.6 Å². The highest BCUT2D eigenvalue weighted by molar-refractivity contribution is 6.74. The summed E-state index contributed by atoms with van der Waals surface area (Å²) in [5, 5.41) is 0.108. The van der Waals surface area contributed by atoms with E-state index in [0.29, 0.717) is 39.3 Å². The fourth-order valence-electron chi connectivity index (χ4n) is 4.48. The number of carbonyl (C=O) groups excluding carboxylic acids is 1. The summed E-state index contributed by atoms with van der Waals surface area (Å²) in [6, 6.07) is 30.5. The molecule has 5 nitrogen and oxygen atoms in total. The average Bonchev–Trinajstić information content (AvgIpc) is 2.99. The van der Waals surface area contributed by atoms with Gasteiger partial charge in [-0.15, -0.1) is 0 Å². The molecule has 0 spiro atoms. The second kappa shape index (κ2) is 16.9. The maximum atomic E-state index is 11.8. The van der Waals surface area contributed by atoms with Crippen LogP contribution in [0.25, 0.3) is 0 Å². The van der Waals surface area contributed by atoms with E-state index in [-0.39, 0.29) is 23.2 Å². The SMILES string of the molecule is C[C@H](C=O)C[C@H](OCc1ccccc1)[C@@H](OCc1ccccc1)[C@@H](CCO[Si](C)(C)C(C)(C)C)OCc1ccccc1. The summed E-state index contributed by atoms with van der Waals surface area (Å²) in [5.41, 5.74) is 3.25. The number of hydrogen-bond acceptors (Lipinski definition) is 5. The Morgan fingerprint density at radius 1 is 0.690 bits per heavy atom. The van der Waals surface area contributed by atoms with Crippen LogP contribution in [-0.4, -0.2) is 39.5 Å². The molecule has 0 N–H and O–H groups in total. The summed E-state index contributed by atoms with van der Waals surface area (Å²) in [7, 11) is -1.96. The first-order chi connectivity index (χ1) is 20.1. The molecule has 0 fully saturated rings. The minimum absolute atomic E-state index is 0.108. The molecule has 228 valence electrons.